The Kier molecular flexibility index (Phi) is 3.28. The van der Waals surface area contributed by atoms with Crippen LogP contribution in [0.2, 0.25) is 0 Å². The van der Waals surface area contributed by atoms with E-state index in [9.17, 15) is 22.4 Å². The van der Waals surface area contributed by atoms with E-state index in [0.717, 1.165) is 12.1 Å². The first-order valence-corrected chi connectivity index (χ1v) is 5.98. The molecule has 22 heavy (non-hydrogen) atoms. The Hall–Kier alpha value is -2.90. The van der Waals surface area contributed by atoms with Crippen LogP contribution in [0.4, 0.5) is 23.4 Å². The summed E-state index contributed by atoms with van der Waals surface area (Å²) in [5.41, 5.74) is -0.907. The highest BCUT2D eigenvalue weighted by Crippen LogP contribution is 2.25. The van der Waals surface area contributed by atoms with Crippen LogP contribution in [0.5, 0.6) is 0 Å². The van der Waals surface area contributed by atoms with Gasteiger partial charge in [-0.05, 0) is 24.3 Å². The molecule has 0 atom stereocenters. The van der Waals surface area contributed by atoms with Crippen molar-refractivity contribution >= 4 is 22.7 Å². The molecule has 3 rings (SSSR count). The van der Waals surface area contributed by atoms with Gasteiger partial charge in [0.15, 0.2) is 29.1 Å². The maximum absolute atomic E-state index is 13.5. The van der Waals surface area contributed by atoms with Crippen LogP contribution in [0.15, 0.2) is 34.9 Å². The quantitative estimate of drug-likeness (QED) is 0.581. The Bertz CT molecular complexity index is 892. The predicted octanol–water partition coefficient (Wildman–Crippen LogP) is 3.64. The standard InChI is InChI=1S/C14H6F4N2O2/c15-8-5-4-6(10(17)11(8)18)14(21)19-13-7-2-1-3-9(16)12(7)22-20-13/h1-5H,(H,19,20,21). The maximum atomic E-state index is 13.5. The largest absolute Gasteiger partial charge is 0.351 e. The molecule has 1 N–H and O–H groups in total. The zero-order valence-corrected chi connectivity index (χ0v) is 10.7. The fourth-order valence-electron chi connectivity index (χ4n) is 1.89. The minimum Gasteiger partial charge on any atom is -0.351 e. The lowest BCUT2D eigenvalue weighted by molar-refractivity contribution is 0.102. The zero-order chi connectivity index (χ0) is 15.9. The molecule has 0 saturated heterocycles. The summed E-state index contributed by atoms with van der Waals surface area (Å²) in [7, 11) is 0. The molecule has 1 heterocycles. The molecule has 0 aliphatic rings. The summed E-state index contributed by atoms with van der Waals surface area (Å²) >= 11 is 0. The van der Waals surface area contributed by atoms with Crippen LogP contribution in [0, 0.1) is 23.3 Å². The third-order valence-electron chi connectivity index (χ3n) is 2.96. The summed E-state index contributed by atoms with van der Waals surface area (Å²) < 4.78 is 57.6. The summed E-state index contributed by atoms with van der Waals surface area (Å²) in [4.78, 5) is 11.9. The van der Waals surface area contributed by atoms with Crippen molar-refractivity contribution in [3.05, 3.63) is 59.2 Å². The molecule has 0 unspecified atom stereocenters. The molecule has 1 amide bonds. The average molecular weight is 310 g/mol. The van der Waals surface area contributed by atoms with Crippen molar-refractivity contribution in [1.29, 1.82) is 0 Å². The average Bonchev–Trinajstić information content (AvgIpc) is 2.89. The molecule has 2 aromatic carbocycles. The van der Waals surface area contributed by atoms with E-state index in [-0.39, 0.29) is 16.8 Å². The van der Waals surface area contributed by atoms with E-state index in [1.54, 1.807) is 0 Å². The Morgan fingerprint density at radius 2 is 1.77 bits per heavy atom. The summed E-state index contributed by atoms with van der Waals surface area (Å²) in [6.45, 7) is 0. The number of carbonyl (C=O) groups is 1. The highest BCUT2D eigenvalue weighted by molar-refractivity contribution is 6.07. The number of fused-ring (bicyclic) bond motifs is 1. The van der Waals surface area contributed by atoms with E-state index >= 15 is 0 Å². The van der Waals surface area contributed by atoms with Crippen molar-refractivity contribution in [3.63, 3.8) is 0 Å². The number of carbonyl (C=O) groups excluding carboxylic acids is 1. The fourth-order valence-corrected chi connectivity index (χ4v) is 1.89. The smallest absolute Gasteiger partial charge is 0.260 e. The minimum atomic E-state index is -1.76. The zero-order valence-electron chi connectivity index (χ0n) is 10.7. The van der Waals surface area contributed by atoms with Crippen LogP contribution in [-0.4, -0.2) is 11.1 Å². The molecule has 3 aromatic rings. The van der Waals surface area contributed by atoms with Gasteiger partial charge in [0.25, 0.3) is 5.91 Å². The topological polar surface area (TPSA) is 55.1 Å². The Balaban J connectivity index is 1.97. The highest BCUT2D eigenvalue weighted by Gasteiger charge is 2.21. The number of benzene rings is 2. The number of halogens is 4. The summed E-state index contributed by atoms with van der Waals surface area (Å²) in [6, 6.07) is 5.32. The molecule has 112 valence electrons. The van der Waals surface area contributed by atoms with Crippen LogP contribution < -0.4 is 5.32 Å². The second kappa shape index (κ2) is 5.14. The number of anilines is 1. The summed E-state index contributed by atoms with van der Waals surface area (Å²) in [5, 5.41) is 5.76. The number of hydrogen-bond acceptors (Lipinski definition) is 3. The van der Waals surface area contributed by atoms with Gasteiger partial charge in [-0.1, -0.05) is 11.2 Å². The fraction of sp³-hybridized carbons (Fsp3) is 0. The van der Waals surface area contributed by atoms with Gasteiger partial charge in [-0.3, -0.25) is 4.79 Å². The number of rotatable bonds is 2. The maximum Gasteiger partial charge on any atom is 0.260 e. The third kappa shape index (κ3) is 2.18. The number of para-hydroxylation sites is 1. The van der Waals surface area contributed by atoms with Crippen LogP contribution in [0.1, 0.15) is 10.4 Å². The van der Waals surface area contributed by atoms with Crippen LogP contribution in [0.3, 0.4) is 0 Å². The van der Waals surface area contributed by atoms with Gasteiger partial charge in [0, 0.05) is 0 Å². The van der Waals surface area contributed by atoms with E-state index in [2.05, 4.69) is 10.5 Å². The molecule has 0 saturated carbocycles. The first-order valence-electron chi connectivity index (χ1n) is 5.98. The van der Waals surface area contributed by atoms with Gasteiger partial charge in [0.1, 0.15) is 0 Å². The van der Waals surface area contributed by atoms with Crippen molar-refractivity contribution in [1.82, 2.24) is 5.16 Å². The van der Waals surface area contributed by atoms with Gasteiger partial charge in [0.2, 0.25) is 5.58 Å². The molecular formula is C14H6F4N2O2. The predicted molar refractivity (Wildman–Crippen MR) is 68.2 cm³/mol. The van der Waals surface area contributed by atoms with Crippen LogP contribution in [-0.2, 0) is 0 Å². The van der Waals surface area contributed by atoms with Crippen molar-refractivity contribution in [3.8, 4) is 0 Å². The molecule has 4 nitrogen and oxygen atoms in total. The van der Waals surface area contributed by atoms with E-state index in [1.807, 2.05) is 0 Å². The lowest BCUT2D eigenvalue weighted by atomic mass is 10.1. The minimum absolute atomic E-state index is 0.149. The molecule has 0 radical (unpaired) electrons. The first kappa shape index (κ1) is 14.1. The van der Waals surface area contributed by atoms with Crippen molar-refractivity contribution in [2.75, 3.05) is 5.32 Å². The SMILES string of the molecule is O=C(Nc1noc2c(F)cccc12)c1ccc(F)c(F)c1F. The first-order chi connectivity index (χ1) is 10.5. The van der Waals surface area contributed by atoms with Crippen LogP contribution in [0.25, 0.3) is 11.0 Å². The lowest BCUT2D eigenvalue weighted by Crippen LogP contribution is -2.15. The lowest BCUT2D eigenvalue weighted by Gasteiger charge is -2.04. The molecule has 8 heteroatoms. The summed E-state index contributed by atoms with van der Waals surface area (Å²) in [5.74, 6) is -6.73. The van der Waals surface area contributed by atoms with Crippen molar-refractivity contribution in [2.24, 2.45) is 0 Å². The van der Waals surface area contributed by atoms with E-state index in [0.29, 0.717) is 6.07 Å². The van der Waals surface area contributed by atoms with E-state index in [1.165, 1.54) is 12.1 Å². The molecular weight excluding hydrogens is 304 g/mol. The molecule has 0 spiro atoms. The van der Waals surface area contributed by atoms with Crippen molar-refractivity contribution in [2.45, 2.75) is 0 Å². The Labute approximate surface area is 120 Å². The third-order valence-corrected chi connectivity index (χ3v) is 2.96. The van der Waals surface area contributed by atoms with Crippen LogP contribution >= 0.6 is 0 Å². The van der Waals surface area contributed by atoms with Gasteiger partial charge in [0.05, 0.1) is 10.9 Å². The van der Waals surface area contributed by atoms with Gasteiger partial charge < -0.3 is 9.84 Å². The number of hydrogen-bond donors (Lipinski definition) is 1. The van der Waals surface area contributed by atoms with E-state index in [4.69, 9.17) is 4.52 Å². The van der Waals surface area contributed by atoms with Gasteiger partial charge in [-0.15, -0.1) is 0 Å². The van der Waals surface area contributed by atoms with Gasteiger partial charge >= 0.3 is 0 Å². The highest BCUT2D eigenvalue weighted by atomic mass is 19.2. The molecule has 1 aromatic heterocycles. The molecule has 0 aliphatic carbocycles. The Morgan fingerprint density at radius 1 is 1.00 bits per heavy atom. The Morgan fingerprint density at radius 3 is 2.55 bits per heavy atom. The van der Waals surface area contributed by atoms with Gasteiger partial charge in [-0.25, -0.2) is 17.6 Å². The van der Waals surface area contributed by atoms with Gasteiger partial charge in [-0.2, -0.15) is 0 Å². The second-order valence-corrected chi connectivity index (χ2v) is 4.32. The number of amides is 1. The molecule has 0 fully saturated rings. The number of nitrogens with zero attached hydrogens (tertiary/aromatic N) is 1. The number of nitrogens with one attached hydrogen (secondary N) is 1. The molecule has 0 bridgehead atoms. The van der Waals surface area contributed by atoms with E-state index < -0.39 is 34.7 Å². The van der Waals surface area contributed by atoms with Crippen molar-refractivity contribution < 1.29 is 26.9 Å². The monoisotopic (exact) mass is 310 g/mol. The second-order valence-electron chi connectivity index (χ2n) is 4.32. The molecule has 0 aliphatic heterocycles. The summed E-state index contributed by atoms with van der Waals surface area (Å²) in [6.07, 6.45) is 0. The number of aromatic nitrogens is 1. The normalized spacial score (nSPS) is 10.9.